The largest absolute Gasteiger partial charge is 0.466 e. The third kappa shape index (κ3) is 8.27. The summed E-state index contributed by atoms with van der Waals surface area (Å²) in [6, 6.07) is 11.2. The molecule has 2 aromatic rings. The summed E-state index contributed by atoms with van der Waals surface area (Å²) in [5, 5.41) is 11.6. The van der Waals surface area contributed by atoms with E-state index < -0.39 is 6.10 Å². The Labute approximate surface area is 219 Å². The molecule has 0 unspecified atom stereocenters. The average Bonchev–Trinajstić information content (AvgIpc) is 3.27. The molecule has 1 saturated heterocycles. The van der Waals surface area contributed by atoms with Crippen LogP contribution in [0.4, 0.5) is 4.39 Å². The quantitative estimate of drug-likeness (QED) is 0.338. The molecule has 1 fully saturated rings. The van der Waals surface area contributed by atoms with Crippen molar-refractivity contribution in [3.8, 4) is 0 Å². The van der Waals surface area contributed by atoms with Crippen molar-refractivity contribution in [3.05, 3.63) is 69.5 Å². The minimum atomic E-state index is -0.655. The second-order valence-electron chi connectivity index (χ2n) is 9.61. The van der Waals surface area contributed by atoms with Crippen LogP contribution in [0.25, 0.3) is 0 Å². The van der Waals surface area contributed by atoms with Crippen LogP contribution in [-0.2, 0) is 27.1 Å². The lowest BCUT2D eigenvalue weighted by Crippen LogP contribution is -2.39. The van der Waals surface area contributed by atoms with Gasteiger partial charge in [0.1, 0.15) is 5.82 Å². The number of hydrogen-bond acceptors (Lipinski definition) is 5. The minimum Gasteiger partial charge on any atom is -0.466 e. The van der Waals surface area contributed by atoms with E-state index in [0.29, 0.717) is 32.0 Å². The lowest BCUT2D eigenvalue weighted by atomic mass is 9.97. The third-order valence-corrected chi connectivity index (χ3v) is 7.28. The monoisotopic (exact) mass is 519 g/mol. The van der Waals surface area contributed by atoms with Crippen LogP contribution in [0.15, 0.2) is 36.4 Å². The Kier molecular flexibility index (Phi) is 11.2. The fourth-order valence-electron chi connectivity index (χ4n) is 4.94. The van der Waals surface area contributed by atoms with Crippen LogP contribution in [0.5, 0.6) is 0 Å². The van der Waals surface area contributed by atoms with Gasteiger partial charge in [0, 0.05) is 24.0 Å². The molecule has 1 heterocycles. The van der Waals surface area contributed by atoms with Crippen LogP contribution >= 0.6 is 11.6 Å². The Morgan fingerprint density at radius 3 is 2.78 bits per heavy atom. The summed E-state index contributed by atoms with van der Waals surface area (Å²) in [6.07, 6.45) is 3.38. The van der Waals surface area contributed by atoms with Crippen LogP contribution in [0.2, 0.25) is 5.02 Å². The second kappa shape index (κ2) is 14.1. The lowest BCUT2D eigenvalue weighted by molar-refractivity contribution is -0.143. The summed E-state index contributed by atoms with van der Waals surface area (Å²) < 4.78 is 25.2. The molecule has 0 spiro atoms. The van der Waals surface area contributed by atoms with E-state index in [-0.39, 0.29) is 30.9 Å². The zero-order valence-electron chi connectivity index (χ0n) is 21.6. The van der Waals surface area contributed by atoms with Crippen molar-refractivity contribution >= 4 is 17.6 Å². The number of benzene rings is 2. The molecular weight excluding hydrogens is 481 g/mol. The number of nitrogens with zero attached hydrogens (tertiary/aromatic N) is 1. The van der Waals surface area contributed by atoms with Crippen LogP contribution in [0.1, 0.15) is 67.9 Å². The van der Waals surface area contributed by atoms with E-state index in [9.17, 15) is 14.3 Å². The molecule has 1 N–H and O–H groups in total. The van der Waals surface area contributed by atoms with Gasteiger partial charge in [-0.3, -0.25) is 9.69 Å². The molecule has 0 aliphatic carbocycles. The molecule has 0 radical (unpaired) electrons. The number of hydrogen-bond donors (Lipinski definition) is 1. The maximum Gasteiger partial charge on any atom is 0.306 e. The molecule has 36 heavy (non-hydrogen) atoms. The highest BCUT2D eigenvalue weighted by molar-refractivity contribution is 6.31. The molecule has 3 atom stereocenters. The van der Waals surface area contributed by atoms with Gasteiger partial charge in [0.15, 0.2) is 0 Å². The molecule has 1 aliphatic rings. The van der Waals surface area contributed by atoms with E-state index in [1.807, 2.05) is 19.9 Å². The number of aryl methyl sites for hydroxylation is 2. The zero-order valence-corrected chi connectivity index (χ0v) is 22.4. The fraction of sp³-hybridized carbons (Fsp3) is 0.552. The van der Waals surface area contributed by atoms with Crippen molar-refractivity contribution in [1.82, 2.24) is 4.90 Å². The Hall–Kier alpha value is -1.99. The van der Waals surface area contributed by atoms with Crippen molar-refractivity contribution in [2.45, 2.75) is 77.5 Å². The molecule has 7 heteroatoms. The van der Waals surface area contributed by atoms with Crippen LogP contribution in [-0.4, -0.2) is 54.4 Å². The van der Waals surface area contributed by atoms with Gasteiger partial charge in [-0.2, -0.15) is 0 Å². The number of halogens is 2. The number of carbonyl (C=O) groups is 1. The molecule has 3 rings (SSSR count). The maximum atomic E-state index is 14.1. The van der Waals surface area contributed by atoms with Gasteiger partial charge in [-0.05, 0) is 92.9 Å². The zero-order chi connectivity index (χ0) is 26.1. The van der Waals surface area contributed by atoms with E-state index in [1.165, 1.54) is 17.7 Å². The van der Waals surface area contributed by atoms with Crippen molar-refractivity contribution in [2.24, 2.45) is 0 Å². The van der Waals surface area contributed by atoms with Gasteiger partial charge < -0.3 is 14.6 Å². The Morgan fingerprint density at radius 2 is 2.06 bits per heavy atom. The lowest BCUT2D eigenvalue weighted by Gasteiger charge is -2.28. The summed E-state index contributed by atoms with van der Waals surface area (Å²) in [5.41, 5.74) is 3.87. The fourth-order valence-corrected chi connectivity index (χ4v) is 5.15. The molecule has 5 nitrogen and oxygen atoms in total. The number of likely N-dealkylation sites (tertiary alicyclic amines) is 1. The van der Waals surface area contributed by atoms with E-state index in [1.54, 1.807) is 13.0 Å². The first-order chi connectivity index (χ1) is 17.3. The van der Waals surface area contributed by atoms with Gasteiger partial charge in [0.2, 0.25) is 0 Å². The SMILES string of the molecule is CCOC(=O)CCc1ccc(F)cc1[C@@H](CC)OC[C@H](O)CN1CCC[C@H]1Cc1ccc(C)c(Cl)c1. The van der Waals surface area contributed by atoms with E-state index in [0.717, 1.165) is 47.5 Å². The normalized spacial score (nSPS) is 17.8. The van der Waals surface area contributed by atoms with E-state index in [2.05, 4.69) is 17.0 Å². The Bertz CT molecular complexity index is 1000. The predicted molar refractivity (Wildman–Crippen MR) is 141 cm³/mol. The number of esters is 1. The molecule has 0 bridgehead atoms. The first-order valence-corrected chi connectivity index (χ1v) is 13.4. The van der Waals surface area contributed by atoms with E-state index >= 15 is 0 Å². The molecule has 0 saturated carbocycles. The highest BCUT2D eigenvalue weighted by Gasteiger charge is 2.27. The number of aliphatic hydroxyl groups excluding tert-OH is 1. The van der Waals surface area contributed by atoms with Crippen LogP contribution in [0.3, 0.4) is 0 Å². The van der Waals surface area contributed by atoms with Crippen molar-refractivity contribution in [3.63, 3.8) is 0 Å². The van der Waals surface area contributed by atoms with Gasteiger partial charge >= 0.3 is 5.97 Å². The molecule has 1 aliphatic heterocycles. The molecular formula is C29H39ClFNO4. The number of rotatable bonds is 13. The second-order valence-corrected chi connectivity index (χ2v) is 10.0. The van der Waals surface area contributed by atoms with Crippen molar-refractivity contribution < 1.29 is 23.8 Å². The Balaban J connectivity index is 1.57. The first-order valence-electron chi connectivity index (χ1n) is 13.0. The van der Waals surface area contributed by atoms with Crippen LogP contribution < -0.4 is 0 Å². The molecule has 0 aromatic heterocycles. The van der Waals surface area contributed by atoms with Crippen molar-refractivity contribution in [1.29, 1.82) is 0 Å². The minimum absolute atomic E-state index is 0.159. The molecule has 198 valence electrons. The third-order valence-electron chi connectivity index (χ3n) is 6.87. The van der Waals surface area contributed by atoms with Gasteiger partial charge in [0.05, 0.1) is 25.4 Å². The summed E-state index contributed by atoms with van der Waals surface area (Å²) in [6.45, 7) is 7.72. The standard InChI is InChI=1S/C29H39ClFNO4/c1-4-28(26-17-23(31)12-10-22(26)11-13-29(34)35-5-2)36-19-25(33)18-32-14-6-7-24(32)15-21-9-8-20(3)27(30)16-21/h8-10,12,16-17,24-25,28,33H,4-7,11,13-15,18-19H2,1-3H3/t24-,25+,28+/m0/s1. The molecule has 0 amide bonds. The van der Waals surface area contributed by atoms with Crippen molar-refractivity contribution in [2.75, 3.05) is 26.3 Å². The predicted octanol–water partition coefficient (Wildman–Crippen LogP) is 5.82. The molecule has 2 aromatic carbocycles. The Morgan fingerprint density at radius 1 is 1.25 bits per heavy atom. The summed E-state index contributed by atoms with van der Waals surface area (Å²) in [4.78, 5) is 14.1. The first kappa shape index (κ1) is 28.6. The summed E-state index contributed by atoms with van der Waals surface area (Å²) in [5.74, 6) is -0.617. The van der Waals surface area contributed by atoms with Gasteiger partial charge in [-0.25, -0.2) is 4.39 Å². The highest BCUT2D eigenvalue weighted by Crippen LogP contribution is 2.28. The topological polar surface area (TPSA) is 59.0 Å². The highest BCUT2D eigenvalue weighted by atomic mass is 35.5. The van der Waals surface area contributed by atoms with Gasteiger partial charge in [-0.1, -0.05) is 36.7 Å². The summed E-state index contributed by atoms with van der Waals surface area (Å²) in [7, 11) is 0. The average molecular weight is 520 g/mol. The van der Waals surface area contributed by atoms with Gasteiger partial charge in [0.25, 0.3) is 0 Å². The van der Waals surface area contributed by atoms with Gasteiger partial charge in [-0.15, -0.1) is 0 Å². The number of aliphatic hydroxyl groups is 1. The number of carbonyl (C=O) groups excluding carboxylic acids is 1. The van der Waals surface area contributed by atoms with Crippen LogP contribution in [0, 0.1) is 12.7 Å². The maximum absolute atomic E-state index is 14.1. The number of β-amino-alcohol motifs (C(OH)–C–C–N with tert-alkyl or cyclic N) is 1. The van der Waals surface area contributed by atoms with E-state index in [4.69, 9.17) is 21.1 Å². The summed E-state index contributed by atoms with van der Waals surface area (Å²) >= 11 is 6.31. The smallest absolute Gasteiger partial charge is 0.306 e. The number of ether oxygens (including phenoxy) is 2.